The molecule has 5 heteroatoms. The summed E-state index contributed by atoms with van der Waals surface area (Å²) in [6, 6.07) is 2.65. The minimum Gasteiger partial charge on any atom is -0.378 e. The van der Waals surface area contributed by atoms with Crippen LogP contribution in [0, 0.1) is 5.92 Å². The van der Waals surface area contributed by atoms with E-state index in [1.807, 2.05) is 6.07 Å². The van der Waals surface area contributed by atoms with Crippen LogP contribution in [0.2, 0.25) is 0 Å². The molecule has 0 N–H and O–H groups in total. The average molecular weight is 278 g/mol. The van der Waals surface area contributed by atoms with Crippen LogP contribution in [-0.2, 0) is 11.3 Å². The molecule has 0 amide bonds. The first-order valence-corrected chi connectivity index (χ1v) is 7.37. The van der Waals surface area contributed by atoms with E-state index in [2.05, 4.69) is 40.8 Å². The highest BCUT2D eigenvalue weighted by molar-refractivity contribution is 5.41. The predicted molar refractivity (Wildman–Crippen MR) is 80.8 cm³/mol. The maximum Gasteiger partial charge on any atom is 0.132 e. The molecule has 1 fully saturated rings. The Morgan fingerprint density at radius 2 is 2.15 bits per heavy atom. The molecule has 112 valence electrons. The Balaban J connectivity index is 2.11. The molecule has 20 heavy (non-hydrogen) atoms. The van der Waals surface area contributed by atoms with E-state index >= 15 is 0 Å². The van der Waals surface area contributed by atoms with E-state index < -0.39 is 0 Å². The summed E-state index contributed by atoms with van der Waals surface area (Å²) in [7, 11) is 6.04. The van der Waals surface area contributed by atoms with Crippen molar-refractivity contribution in [1.82, 2.24) is 14.9 Å². The lowest BCUT2D eigenvalue weighted by molar-refractivity contribution is 0.181. The molecular weight excluding hydrogens is 252 g/mol. The third kappa shape index (κ3) is 3.46. The largest absolute Gasteiger partial charge is 0.378 e. The second-order valence-electron chi connectivity index (χ2n) is 5.79. The van der Waals surface area contributed by atoms with E-state index in [-0.39, 0.29) is 0 Å². The van der Waals surface area contributed by atoms with Crippen molar-refractivity contribution in [1.29, 1.82) is 0 Å². The second-order valence-corrected chi connectivity index (χ2v) is 5.79. The zero-order valence-corrected chi connectivity index (χ0v) is 13.0. The van der Waals surface area contributed by atoms with Crippen molar-refractivity contribution in [3.05, 3.63) is 18.1 Å². The van der Waals surface area contributed by atoms with Crippen molar-refractivity contribution in [2.75, 3.05) is 39.2 Å². The smallest absolute Gasteiger partial charge is 0.132 e. The minimum absolute atomic E-state index is 0.541. The Labute approximate surface area is 122 Å². The Morgan fingerprint density at radius 3 is 2.80 bits per heavy atom. The number of aromatic nitrogens is 2. The molecule has 0 saturated carbocycles. The molecule has 0 spiro atoms. The first-order chi connectivity index (χ1) is 9.65. The molecule has 2 atom stereocenters. The molecule has 1 saturated heterocycles. The van der Waals surface area contributed by atoms with Crippen molar-refractivity contribution >= 4 is 5.82 Å². The van der Waals surface area contributed by atoms with E-state index in [4.69, 9.17) is 4.74 Å². The molecule has 2 heterocycles. The van der Waals surface area contributed by atoms with Gasteiger partial charge >= 0.3 is 0 Å². The van der Waals surface area contributed by atoms with E-state index in [0.29, 0.717) is 12.6 Å². The van der Waals surface area contributed by atoms with Gasteiger partial charge in [0.15, 0.2) is 0 Å². The van der Waals surface area contributed by atoms with Gasteiger partial charge < -0.3 is 14.5 Å². The van der Waals surface area contributed by atoms with Gasteiger partial charge in [0.05, 0.1) is 12.3 Å². The molecule has 0 aliphatic carbocycles. The number of methoxy groups -OCH3 is 1. The molecule has 2 rings (SSSR count). The molecular formula is C15H26N4O. The number of anilines is 1. The van der Waals surface area contributed by atoms with Gasteiger partial charge in [-0.1, -0.05) is 13.3 Å². The van der Waals surface area contributed by atoms with E-state index in [0.717, 1.165) is 30.5 Å². The van der Waals surface area contributed by atoms with Crippen molar-refractivity contribution < 1.29 is 4.74 Å². The number of hydrogen-bond donors (Lipinski definition) is 0. The van der Waals surface area contributed by atoms with Gasteiger partial charge in [-0.15, -0.1) is 0 Å². The van der Waals surface area contributed by atoms with Crippen molar-refractivity contribution in [2.24, 2.45) is 5.92 Å². The highest BCUT2D eigenvalue weighted by Gasteiger charge is 2.34. The lowest BCUT2D eigenvalue weighted by atomic mass is 9.98. The first kappa shape index (κ1) is 15.2. The lowest BCUT2D eigenvalue weighted by Crippen LogP contribution is -2.35. The predicted octanol–water partition coefficient (Wildman–Crippen LogP) is 1.79. The van der Waals surface area contributed by atoms with Gasteiger partial charge in [-0.2, -0.15) is 0 Å². The molecule has 0 unspecified atom stereocenters. The maximum atomic E-state index is 5.15. The van der Waals surface area contributed by atoms with Crippen LogP contribution < -0.4 is 4.90 Å². The van der Waals surface area contributed by atoms with Crippen LogP contribution in [0.15, 0.2) is 12.4 Å². The Morgan fingerprint density at radius 1 is 1.35 bits per heavy atom. The fourth-order valence-corrected chi connectivity index (χ4v) is 3.07. The summed E-state index contributed by atoms with van der Waals surface area (Å²) in [5, 5.41) is 0. The number of hydrogen-bond acceptors (Lipinski definition) is 5. The SMILES string of the molecule is CCC[C@H]1CN(c2cc(COC)ncn2)C[C@@H]1N(C)C. The molecule has 1 aliphatic rings. The van der Waals surface area contributed by atoms with Crippen LogP contribution >= 0.6 is 0 Å². The number of nitrogens with zero attached hydrogens (tertiary/aromatic N) is 4. The summed E-state index contributed by atoms with van der Waals surface area (Å²) in [4.78, 5) is 13.4. The summed E-state index contributed by atoms with van der Waals surface area (Å²) >= 11 is 0. The Hall–Kier alpha value is -1.20. The summed E-state index contributed by atoms with van der Waals surface area (Å²) in [5.41, 5.74) is 0.942. The monoisotopic (exact) mass is 278 g/mol. The van der Waals surface area contributed by atoms with E-state index in [1.54, 1.807) is 13.4 Å². The quantitative estimate of drug-likeness (QED) is 0.793. The average Bonchev–Trinajstić information content (AvgIpc) is 2.84. The first-order valence-electron chi connectivity index (χ1n) is 7.37. The zero-order valence-electron chi connectivity index (χ0n) is 13.0. The summed E-state index contributed by atoms with van der Waals surface area (Å²) < 4.78 is 5.15. The maximum absolute atomic E-state index is 5.15. The third-order valence-corrected chi connectivity index (χ3v) is 4.05. The molecule has 1 aromatic rings. The van der Waals surface area contributed by atoms with Crippen LogP contribution in [-0.4, -0.2) is 55.2 Å². The van der Waals surface area contributed by atoms with Gasteiger partial charge in [-0.3, -0.25) is 0 Å². The summed E-state index contributed by atoms with van der Waals surface area (Å²) in [6.45, 7) is 4.93. The molecule has 0 bridgehead atoms. The molecule has 5 nitrogen and oxygen atoms in total. The van der Waals surface area contributed by atoms with E-state index in [1.165, 1.54) is 12.8 Å². The number of ether oxygens (including phenoxy) is 1. The highest BCUT2D eigenvalue weighted by Crippen LogP contribution is 2.28. The van der Waals surface area contributed by atoms with Gasteiger partial charge in [0.1, 0.15) is 12.1 Å². The van der Waals surface area contributed by atoms with Crippen LogP contribution in [0.3, 0.4) is 0 Å². The van der Waals surface area contributed by atoms with E-state index in [9.17, 15) is 0 Å². The molecule has 1 aliphatic heterocycles. The van der Waals surface area contributed by atoms with Gasteiger partial charge in [-0.05, 0) is 26.4 Å². The topological polar surface area (TPSA) is 41.5 Å². The Bertz CT molecular complexity index is 424. The molecule has 0 radical (unpaired) electrons. The van der Waals surface area contributed by atoms with Gasteiger partial charge in [0.2, 0.25) is 0 Å². The van der Waals surface area contributed by atoms with Gasteiger partial charge in [-0.25, -0.2) is 9.97 Å². The molecule has 0 aromatic carbocycles. The zero-order chi connectivity index (χ0) is 14.5. The van der Waals surface area contributed by atoms with Crippen LogP contribution in [0.25, 0.3) is 0 Å². The second kappa shape index (κ2) is 6.99. The van der Waals surface area contributed by atoms with Crippen LogP contribution in [0.5, 0.6) is 0 Å². The van der Waals surface area contributed by atoms with Crippen molar-refractivity contribution in [3.8, 4) is 0 Å². The fourth-order valence-electron chi connectivity index (χ4n) is 3.07. The fraction of sp³-hybridized carbons (Fsp3) is 0.733. The Kier molecular flexibility index (Phi) is 5.31. The third-order valence-electron chi connectivity index (χ3n) is 4.05. The highest BCUT2D eigenvalue weighted by atomic mass is 16.5. The van der Waals surface area contributed by atoms with Gasteiger partial charge in [0.25, 0.3) is 0 Å². The summed E-state index contributed by atoms with van der Waals surface area (Å²) in [5.74, 6) is 1.74. The van der Waals surface area contributed by atoms with Crippen LogP contribution in [0.1, 0.15) is 25.5 Å². The minimum atomic E-state index is 0.541. The number of likely N-dealkylation sites (N-methyl/N-ethyl adjacent to an activating group) is 1. The summed E-state index contributed by atoms with van der Waals surface area (Å²) in [6.07, 6.45) is 4.15. The molecule has 1 aromatic heterocycles. The van der Waals surface area contributed by atoms with Crippen molar-refractivity contribution in [3.63, 3.8) is 0 Å². The van der Waals surface area contributed by atoms with Gasteiger partial charge in [0, 0.05) is 32.3 Å². The van der Waals surface area contributed by atoms with Crippen molar-refractivity contribution in [2.45, 2.75) is 32.4 Å². The standard InChI is InChI=1S/C15H26N4O/c1-5-6-12-8-19(9-14(12)18(2)3)15-7-13(10-20-4)16-11-17-15/h7,11-12,14H,5-6,8-10H2,1-4H3/t12-,14-/m0/s1. The lowest BCUT2D eigenvalue weighted by Gasteiger charge is -2.24. The van der Waals surface area contributed by atoms with Crippen LogP contribution in [0.4, 0.5) is 5.82 Å². The normalized spacial score (nSPS) is 22.8. The number of rotatable bonds is 6.